The fourth-order valence-electron chi connectivity index (χ4n) is 5.82. The van der Waals surface area contributed by atoms with E-state index >= 15 is 0 Å². The second kappa shape index (κ2) is 10.2. The summed E-state index contributed by atoms with van der Waals surface area (Å²) >= 11 is 0. The van der Waals surface area contributed by atoms with E-state index in [4.69, 9.17) is 4.74 Å². The van der Waals surface area contributed by atoms with E-state index in [2.05, 4.69) is 81.4 Å². The van der Waals surface area contributed by atoms with Crippen LogP contribution in [-0.4, -0.2) is 39.2 Å². The van der Waals surface area contributed by atoms with E-state index in [1.165, 1.54) is 10.4 Å². The highest BCUT2D eigenvalue weighted by atomic mass is 32.2. The molecule has 4 rings (SSSR count). The number of sulfonamides is 1. The molecule has 4 nitrogen and oxygen atoms in total. The van der Waals surface area contributed by atoms with Gasteiger partial charge in [0.15, 0.2) is 0 Å². The van der Waals surface area contributed by atoms with Gasteiger partial charge in [0.2, 0.25) is 10.0 Å². The van der Waals surface area contributed by atoms with Gasteiger partial charge < -0.3 is 4.74 Å². The largest absolute Gasteiger partial charge is 0.357 e. The minimum absolute atomic E-state index is 0.0241. The van der Waals surface area contributed by atoms with Crippen LogP contribution in [0.2, 0.25) is 11.1 Å². The van der Waals surface area contributed by atoms with E-state index in [0.717, 1.165) is 11.6 Å². The third kappa shape index (κ3) is 4.72. The van der Waals surface area contributed by atoms with Gasteiger partial charge in [0.1, 0.15) is 14.3 Å². The zero-order valence-electron chi connectivity index (χ0n) is 22.3. The number of aryl methyl sites for hydroxylation is 1. The number of hydrogen-bond acceptors (Lipinski definition) is 3. The van der Waals surface area contributed by atoms with Crippen molar-refractivity contribution in [3.05, 3.63) is 90.5 Å². The molecule has 1 heterocycles. The monoisotopic (exact) mass is 521 g/mol. The Morgan fingerprint density at radius 2 is 1.36 bits per heavy atom. The summed E-state index contributed by atoms with van der Waals surface area (Å²) in [5.41, 5.74) is 1.04. The van der Waals surface area contributed by atoms with E-state index < -0.39 is 24.3 Å². The summed E-state index contributed by atoms with van der Waals surface area (Å²) in [6.45, 7) is 13.0. The van der Waals surface area contributed by atoms with Crippen LogP contribution in [0.1, 0.15) is 46.6 Å². The summed E-state index contributed by atoms with van der Waals surface area (Å²) in [5.74, 6) is 0. The lowest BCUT2D eigenvalue weighted by Gasteiger charge is -2.46. The van der Waals surface area contributed by atoms with Gasteiger partial charge in [-0.15, -0.1) is 0 Å². The minimum atomic E-state index is -3.70. The maximum Gasteiger partial charge on any atom is 0.245 e. The fraction of sp³-hybridized carbons (Fsp3) is 0.400. The van der Waals surface area contributed by atoms with Crippen molar-refractivity contribution in [2.24, 2.45) is 0 Å². The van der Waals surface area contributed by atoms with Crippen molar-refractivity contribution in [3.63, 3.8) is 0 Å². The molecule has 0 aliphatic carbocycles. The van der Waals surface area contributed by atoms with Crippen LogP contribution in [0, 0.1) is 6.92 Å². The topological polar surface area (TPSA) is 46.6 Å². The smallest absolute Gasteiger partial charge is 0.245 e. The number of rotatable bonds is 7. The van der Waals surface area contributed by atoms with Gasteiger partial charge in [0.05, 0.1) is 17.0 Å². The zero-order chi connectivity index (χ0) is 26.1. The predicted molar refractivity (Wildman–Crippen MR) is 151 cm³/mol. The van der Waals surface area contributed by atoms with Crippen molar-refractivity contribution in [2.45, 2.75) is 82.3 Å². The first-order valence-corrected chi connectivity index (χ1v) is 16.5. The average Bonchev–Trinajstić information content (AvgIpc) is 3.18. The van der Waals surface area contributed by atoms with Crippen molar-refractivity contribution in [2.75, 3.05) is 0 Å². The summed E-state index contributed by atoms with van der Waals surface area (Å²) in [5, 5.41) is 2.68. The molecular formula is C30H39NO3SSi. The molecule has 3 aromatic carbocycles. The summed E-state index contributed by atoms with van der Waals surface area (Å²) in [4.78, 5) is 0.327. The lowest BCUT2D eigenvalue weighted by atomic mass is 10.2. The second-order valence-corrected chi connectivity index (χ2v) is 17.7. The quantitative estimate of drug-likeness (QED) is 0.382. The summed E-state index contributed by atoms with van der Waals surface area (Å²) in [6.07, 6.45) is -0.0804. The number of benzene rings is 3. The summed E-state index contributed by atoms with van der Waals surface area (Å²) in [7, 11) is -6.12. The Labute approximate surface area is 218 Å². The third-order valence-corrected chi connectivity index (χ3v) is 16.0. The van der Waals surface area contributed by atoms with Gasteiger partial charge in [0.25, 0.3) is 0 Å². The van der Waals surface area contributed by atoms with Crippen LogP contribution in [0.5, 0.6) is 0 Å². The Hall–Kier alpha value is -2.25. The number of ether oxygens (including phenoxy) is 1. The molecule has 0 saturated carbocycles. The molecule has 3 atom stereocenters. The standard InChI is InChI=1S/C30H39NO3SSi/c1-7-29-31(35(32,33)25-20-18-23(2)19-21-25)24(3)28(34-29)22-36(30(4,5)6,26-14-10-8-11-15-26)27-16-12-9-13-17-27/h8-21,24,28-29H,7,22H2,1-6H3/t24-,28+,29-/m0/s1. The van der Waals surface area contributed by atoms with Gasteiger partial charge in [-0.25, -0.2) is 8.42 Å². The van der Waals surface area contributed by atoms with Crippen molar-refractivity contribution in [1.82, 2.24) is 4.31 Å². The fourth-order valence-corrected chi connectivity index (χ4v) is 13.3. The van der Waals surface area contributed by atoms with Crippen molar-refractivity contribution in [1.29, 1.82) is 0 Å². The average molecular weight is 522 g/mol. The molecule has 6 heteroatoms. The van der Waals surface area contributed by atoms with Crippen molar-refractivity contribution >= 4 is 28.5 Å². The first kappa shape index (κ1) is 26.8. The molecular weight excluding hydrogens is 482 g/mol. The first-order chi connectivity index (χ1) is 17.0. The maximum atomic E-state index is 13.8. The summed E-state index contributed by atoms with van der Waals surface area (Å²) in [6, 6.07) is 29.3. The van der Waals surface area contributed by atoms with Crippen LogP contribution in [0.3, 0.4) is 0 Å². The lowest BCUT2D eigenvalue weighted by Crippen LogP contribution is -2.66. The Balaban J connectivity index is 1.80. The van der Waals surface area contributed by atoms with Gasteiger partial charge in [-0.2, -0.15) is 4.31 Å². The molecule has 3 aromatic rings. The zero-order valence-corrected chi connectivity index (χ0v) is 24.1. The molecule has 1 saturated heterocycles. The summed E-state index contributed by atoms with van der Waals surface area (Å²) < 4.78 is 35.9. The molecule has 0 bridgehead atoms. The second-order valence-electron chi connectivity index (χ2n) is 11.0. The molecule has 1 aliphatic rings. The molecule has 36 heavy (non-hydrogen) atoms. The van der Waals surface area contributed by atoms with Gasteiger partial charge in [-0.3, -0.25) is 0 Å². The van der Waals surface area contributed by atoms with Crippen LogP contribution < -0.4 is 10.4 Å². The predicted octanol–water partition coefficient (Wildman–Crippen LogP) is 5.57. The van der Waals surface area contributed by atoms with E-state index in [9.17, 15) is 8.42 Å². The van der Waals surface area contributed by atoms with Crippen LogP contribution in [-0.2, 0) is 14.8 Å². The van der Waals surface area contributed by atoms with Crippen molar-refractivity contribution in [3.8, 4) is 0 Å². The SMILES string of the molecule is CC[C@@H]1O[C@H](C[Si](c2ccccc2)(c2ccccc2)C(C)(C)C)[C@H](C)N1S(=O)(=O)c1ccc(C)cc1. The van der Waals surface area contributed by atoms with Crippen molar-refractivity contribution < 1.29 is 13.2 Å². The Bertz CT molecular complexity index is 1220. The van der Waals surface area contributed by atoms with Crippen LogP contribution in [0.4, 0.5) is 0 Å². The van der Waals surface area contributed by atoms with Gasteiger partial charge in [0, 0.05) is 0 Å². The number of hydrogen-bond donors (Lipinski definition) is 0. The molecule has 0 N–H and O–H groups in total. The normalized spacial score (nSPS) is 21.6. The highest BCUT2D eigenvalue weighted by Crippen LogP contribution is 2.43. The molecule has 192 valence electrons. The highest BCUT2D eigenvalue weighted by molar-refractivity contribution is 7.89. The minimum Gasteiger partial charge on any atom is -0.357 e. The first-order valence-electron chi connectivity index (χ1n) is 12.9. The molecule has 1 fully saturated rings. The Morgan fingerprint density at radius 1 is 0.861 bits per heavy atom. The molecule has 0 aromatic heterocycles. The molecule has 0 radical (unpaired) electrons. The van der Waals surface area contributed by atoms with Crippen LogP contribution >= 0.6 is 0 Å². The third-order valence-electron chi connectivity index (χ3n) is 7.82. The van der Waals surface area contributed by atoms with Crippen LogP contribution in [0.25, 0.3) is 0 Å². The van der Waals surface area contributed by atoms with Gasteiger partial charge in [-0.1, -0.05) is 116 Å². The highest BCUT2D eigenvalue weighted by Gasteiger charge is 2.54. The van der Waals surface area contributed by atoms with E-state index in [-0.39, 0.29) is 17.2 Å². The molecule has 0 spiro atoms. The van der Waals surface area contributed by atoms with Gasteiger partial charge >= 0.3 is 0 Å². The molecule has 1 aliphatic heterocycles. The van der Waals surface area contributed by atoms with Gasteiger partial charge in [-0.05, 0) is 43.5 Å². The Kier molecular flexibility index (Phi) is 7.63. The number of nitrogens with zero attached hydrogens (tertiary/aromatic N) is 1. The van der Waals surface area contributed by atoms with E-state index in [1.807, 2.05) is 32.9 Å². The molecule has 0 unspecified atom stereocenters. The maximum absolute atomic E-state index is 13.8. The van der Waals surface area contributed by atoms with E-state index in [1.54, 1.807) is 16.4 Å². The molecule has 0 amide bonds. The van der Waals surface area contributed by atoms with E-state index in [0.29, 0.717) is 11.3 Å². The lowest BCUT2D eigenvalue weighted by molar-refractivity contribution is 0.0267. The Morgan fingerprint density at radius 3 is 1.81 bits per heavy atom. The van der Waals surface area contributed by atoms with Crippen LogP contribution in [0.15, 0.2) is 89.8 Å².